The van der Waals surface area contributed by atoms with Crippen molar-refractivity contribution in [3.63, 3.8) is 0 Å². The number of hydrogen-bond donors (Lipinski definition) is 0. The smallest absolute Gasteiger partial charge is 0.245 e. The van der Waals surface area contributed by atoms with Gasteiger partial charge in [0.25, 0.3) is 0 Å². The maximum atomic E-state index is 5.92. The van der Waals surface area contributed by atoms with Crippen molar-refractivity contribution in [2.24, 2.45) is 0 Å². The molecule has 0 amide bonds. The predicted molar refractivity (Wildman–Crippen MR) is 211 cm³/mol. The summed E-state index contributed by atoms with van der Waals surface area (Å²) in [7, 11) is 0. The Labute approximate surface area is 335 Å². The number of hydrogen-bond acceptors (Lipinski definition) is 2. The first-order chi connectivity index (χ1) is 24.8. The van der Waals surface area contributed by atoms with Gasteiger partial charge in [-0.1, -0.05) is 168 Å². The fraction of sp³-hybridized carbons (Fsp3) is 0.864. The number of aromatic nitrogens is 4. The van der Waals surface area contributed by atoms with Gasteiger partial charge < -0.3 is 34.3 Å². The summed E-state index contributed by atoms with van der Waals surface area (Å²) >= 11 is 0. The van der Waals surface area contributed by atoms with Crippen molar-refractivity contribution >= 4 is 0 Å². The molecule has 306 valence electrons. The monoisotopic (exact) mass is 771 g/mol. The van der Waals surface area contributed by atoms with Crippen LogP contribution >= 0.6 is 0 Å². The Bertz CT molecular complexity index is 893. The minimum atomic E-state index is 0. The summed E-state index contributed by atoms with van der Waals surface area (Å²) in [4.78, 5) is 0. The van der Waals surface area contributed by atoms with Gasteiger partial charge >= 0.3 is 0 Å². The molecule has 0 saturated carbocycles. The lowest BCUT2D eigenvalue weighted by molar-refractivity contribution is -0.733. The van der Waals surface area contributed by atoms with E-state index in [-0.39, 0.29) is 24.8 Å². The van der Waals surface area contributed by atoms with Crippen LogP contribution in [-0.4, -0.2) is 22.3 Å². The van der Waals surface area contributed by atoms with Gasteiger partial charge in [0.15, 0.2) is 13.5 Å². The molecule has 0 aliphatic heterocycles. The molecule has 0 atom stereocenters. The van der Waals surface area contributed by atoms with Crippen LogP contribution in [0.1, 0.15) is 206 Å². The number of unbranched alkanes of at least 4 members (excludes halogenated alkanes) is 27. The van der Waals surface area contributed by atoms with Crippen LogP contribution in [0.3, 0.4) is 0 Å². The molecule has 2 aromatic heterocycles. The highest BCUT2D eigenvalue weighted by molar-refractivity contribution is 4.67. The zero-order chi connectivity index (χ0) is 35.4. The minimum Gasteiger partial charge on any atom is -1.00 e. The number of imidazole rings is 2. The van der Waals surface area contributed by atoms with Crippen LogP contribution in [0.25, 0.3) is 0 Å². The molecule has 0 aliphatic carbocycles. The number of aryl methyl sites for hydroxylation is 2. The second-order valence-corrected chi connectivity index (χ2v) is 15.3. The highest BCUT2D eigenvalue weighted by Gasteiger charge is 2.06. The normalized spacial score (nSPS) is 11.2. The van der Waals surface area contributed by atoms with Gasteiger partial charge in [-0.25, -0.2) is 18.3 Å². The average molecular weight is 772 g/mol. The van der Waals surface area contributed by atoms with E-state index >= 15 is 0 Å². The van der Waals surface area contributed by atoms with Crippen molar-refractivity contribution < 1.29 is 43.4 Å². The van der Waals surface area contributed by atoms with Crippen LogP contribution < -0.4 is 33.9 Å². The molecule has 52 heavy (non-hydrogen) atoms. The van der Waals surface area contributed by atoms with E-state index in [9.17, 15) is 0 Å². The van der Waals surface area contributed by atoms with E-state index in [4.69, 9.17) is 9.47 Å². The molecule has 2 heterocycles. The molecular formula is C44H84Cl2N4O2. The zero-order valence-corrected chi connectivity index (χ0v) is 35.8. The Morgan fingerprint density at radius 1 is 0.365 bits per heavy atom. The van der Waals surface area contributed by atoms with E-state index in [1.807, 2.05) is 0 Å². The molecule has 0 radical (unpaired) electrons. The Kier molecular flexibility index (Phi) is 38.8. The van der Waals surface area contributed by atoms with Gasteiger partial charge in [0, 0.05) is 0 Å². The summed E-state index contributed by atoms with van der Waals surface area (Å²) in [6.45, 7) is 9.65. The molecule has 0 N–H and O–H groups in total. The van der Waals surface area contributed by atoms with Crippen molar-refractivity contribution in [2.75, 3.05) is 13.2 Å². The predicted octanol–water partition coefficient (Wildman–Crippen LogP) is 6.26. The van der Waals surface area contributed by atoms with Crippen molar-refractivity contribution in [1.29, 1.82) is 0 Å². The van der Waals surface area contributed by atoms with Crippen molar-refractivity contribution in [3.8, 4) is 0 Å². The first-order valence-electron chi connectivity index (χ1n) is 22.1. The average Bonchev–Trinajstić information content (AvgIpc) is 3.79. The first kappa shape index (κ1) is 50.9. The maximum Gasteiger partial charge on any atom is 0.245 e. The number of nitrogens with zero attached hydrogens (tertiary/aromatic N) is 4. The largest absolute Gasteiger partial charge is 1.00 e. The van der Waals surface area contributed by atoms with Gasteiger partial charge in [-0.05, 0) is 38.5 Å². The number of halogens is 2. The SMILES string of the molecule is CCCCCCCCCCCCCCCCn1cc[n+](COCCCCOC[n+]2ccn(CCCCCCCCCCCCCCCC)c2)c1.[Cl-].[Cl-]. The molecule has 0 saturated heterocycles. The third kappa shape index (κ3) is 31.3. The summed E-state index contributed by atoms with van der Waals surface area (Å²) in [5, 5.41) is 0. The molecule has 2 rings (SSSR count). The minimum absolute atomic E-state index is 0. The lowest BCUT2D eigenvalue weighted by atomic mass is 10.0. The lowest BCUT2D eigenvalue weighted by Crippen LogP contribution is -3.00. The molecule has 0 unspecified atom stereocenters. The Morgan fingerprint density at radius 3 is 0.923 bits per heavy atom. The van der Waals surface area contributed by atoms with Crippen LogP contribution in [0.4, 0.5) is 0 Å². The van der Waals surface area contributed by atoms with Crippen LogP contribution in [0.2, 0.25) is 0 Å². The Hall–Kier alpha value is -1.08. The zero-order valence-electron chi connectivity index (χ0n) is 34.3. The summed E-state index contributed by atoms with van der Waals surface area (Å²) in [5.74, 6) is 0. The molecule has 0 bridgehead atoms. The third-order valence-electron chi connectivity index (χ3n) is 10.3. The van der Waals surface area contributed by atoms with Gasteiger partial charge in [0.2, 0.25) is 12.7 Å². The van der Waals surface area contributed by atoms with E-state index < -0.39 is 0 Å². The summed E-state index contributed by atoms with van der Waals surface area (Å²) < 4.78 is 20.8. The fourth-order valence-electron chi connectivity index (χ4n) is 7.02. The molecule has 6 nitrogen and oxygen atoms in total. The Morgan fingerprint density at radius 2 is 0.635 bits per heavy atom. The third-order valence-corrected chi connectivity index (χ3v) is 10.3. The van der Waals surface area contributed by atoms with Gasteiger partial charge in [0.1, 0.15) is 24.8 Å². The summed E-state index contributed by atoms with van der Waals surface area (Å²) in [6, 6.07) is 0. The first-order valence-corrected chi connectivity index (χ1v) is 22.1. The number of ether oxygens (including phenoxy) is 2. The van der Waals surface area contributed by atoms with Gasteiger partial charge in [0.05, 0.1) is 26.3 Å². The topological polar surface area (TPSA) is 36.1 Å². The van der Waals surface area contributed by atoms with Crippen LogP contribution in [-0.2, 0) is 36.0 Å². The van der Waals surface area contributed by atoms with E-state index in [0.29, 0.717) is 13.5 Å². The summed E-state index contributed by atoms with van der Waals surface area (Å²) in [6.07, 6.45) is 54.6. The molecular weight excluding hydrogens is 687 g/mol. The highest BCUT2D eigenvalue weighted by atomic mass is 35.5. The summed E-state index contributed by atoms with van der Waals surface area (Å²) in [5.41, 5.74) is 0. The van der Waals surface area contributed by atoms with E-state index in [1.165, 1.54) is 180 Å². The van der Waals surface area contributed by atoms with Gasteiger partial charge in [-0.2, -0.15) is 0 Å². The fourth-order valence-corrected chi connectivity index (χ4v) is 7.02. The van der Waals surface area contributed by atoms with Crippen LogP contribution in [0.5, 0.6) is 0 Å². The second kappa shape index (κ2) is 39.6. The maximum absolute atomic E-state index is 5.92. The molecule has 0 spiro atoms. The van der Waals surface area contributed by atoms with Crippen molar-refractivity contribution in [2.45, 2.75) is 233 Å². The quantitative estimate of drug-likeness (QED) is 0.0595. The molecule has 0 aliphatic rings. The van der Waals surface area contributed by atoms with Gasteiger partial charge in [-0.15, -0.1) is 0 Å². The molecule has 0 aromatic carbocycles. The van der Waals surface area contributed by atoms with Crippen molar-refractivity contribution in [3.05, 3.63) is 37.4 Å². The lowest BCUT2D eigenvalue weighted by Gasteiger charge is -2.03. The molecule has 0 fully saturated rings. The van der Waals surface area contributed by atoms with E-state index in [2.05, 4.69) is 69.6 Å². The van der Waals surface area contributed by atoms with Crippen LogP contribution in [0.15, 0.2) is 37.4 Å². The number of rotatable bonds is 39. The van der Waals surface area contributed by atoms with Gasteiger partial charge in [-0.3, -0.25) is 0 Å². The van der Waals surface area contributed by atoms with E-state index in [1.54, 1.807) is 0 Å². The van der Waals surface area contributed by atoms with E-state index in [0.717, 1.165) is 39.1 Å². The standard InChI is InChI=1S/C44H84N4O2.2ClH/c1-3-5-7-9-11-13-15-17-19-21-23-25-27-29-33-45-35-37-47(41-45)43-49-39-31-32-40-50-44-48-38-36-46(42-48)34-30-28-26-24-22-20-18-16-14-12-10-8-6-4-2;;/h35-38,41-42H,3-34,39-40,43-44H2,1-2H3;2*1H/q+2;;/p-2. The van der Waals surface area contributed by atoms with Crippen LogP contribution in [0, 0.1) is 0 Å². The highest BCUT2D eigenvalue weighted by Crippen LogP contribution is 2.14. The molecule has 8 heteroatoms. The molecule has 2 aromatic rings. The second-order valence-electron chi connectivity index (χ2n) is 15.3. The Balaban J connectivity index is 0.0000130. The van der Waals surface area contributed by atoms with Crippen molar-refractivity contribution in [1.82, 2.24) is 9.13 Å².